The van der Waals surface area contributed by atoms with E-state index < -0.39 is 0 Å². The Labute approximate surface area is 124 Å². The fourth-order valence-electron chi connectivity index (χ4n) is 1.52. The third-order valence-corrected chi connectivity index (χ3v) is 3.48. The summed E-state index contributed by atoms with van der Waals surface area (Å²) in [4.78, 5) is 0. The molecule has 0 aliphatic carbocycles. The summed E-state index contributed by atoms with van der Waals surface area (Å²) in [6, 6.07) is 5.66. The zero-order chi connectivity index (χ0) is 13.7. The van der Waals surface area contributed by atoms with Crippen LogP contribution in [0.25, 0.3) is 0 Å². The fourth-order valence-corrected chi connectivity index (χ4v) is 2.54. The monoisotopic (exact) mass is 343 g/mol. The molecule has 7 heteroatoms. The fraction of sp³-hybridized carbons (Fsp3) is 0.333. The highest BCUT2D eigenvalue weighted by Crippen LogP contribution is 2.33. The average Bonchev–Trinajstić information content (AvgIpc) is 2.79. The summed E-state index contributed by atoms with van der Waals surface area (Å²) >= 11 is 4.70. The number of nitrogens with one attached hydrogen (secondary N) is 1. The van der Waals surface area contributed by atoms with Gasteiger partial charge in [0.25, 0.3) is 0 Å². The molecule has 1 heterocycles. The second kappa shape index (κ2) is 6.72. The van der Waals surface area contributed by atoms with Gasteiger partial charge in [0.05, 0.1) is 18.9 Å². The topological polar surface area (TPSA) is 56.3 Å². The van der Waals surface area contributed by atoms with Crippen molar-refractivity contribution >= 4 is 38.1 Å². The summed E-state index contributed by atoms with van der Waals surface area (Å²) in [7, 11) is 0. The van der Waals surface area contributed by atoms with E-state index in [1.807, 2.05) is 32.0 Å². The number of aromatic nitrogens is 2. The van der Waals surface area contributed by atoms with Crippen LogP contribution in [0.5, 0.6) is 11.5 Å². The Morgan fingerprint density at radius 3 is 2.63 bits per heavy atom. The molecular formula is C12H14BrN3O2S. The van der Waals surface area contributed by atoms with Crippen molar-refractivity contribution in [2.45, 2.75) is 13.8 Å². The molecule has 1 N–H and O–H groups in total. The summed E-state index contributed by atoms with van der Waals surface area (Å²) in [5, 5.41) is 11.8. The first-order valence-corrected chi connectivity index (χ1v) is 7.49. The predicted octanol–water partition coefficient (Wildman–Crippen LogP) is 3.84. The largest absolute Gasteiger partial charge is 0.494 e. The molecule has 0 radical (unpaired) electrons. The van der Waals surface area contributed by atoms with Crippen molar-refractivity contribution in [3.05, 3.63) is 22.1 Å². The van der Waals surface area contributed by atoms with Crippen LogP contribution in [0.3, 0.4) is 0 Å². The predicted molar refractivity (Wildman–Crippen MR) is 79.7 cm³/mol. The molecule has 1 aromatic carbocycles. The lowest BCUT2D eigenvalue weighted by atomic mass is 10.2. The first-order valence-electron chi connectivity index (χ1n) is 5.88. The van der Waals surface area contributed by atoms with Crippen molar-refractivity contribution in [2.75, 3.05) is 18.5 Å². The van der Waals surface area contributed by atoms with Crippen LogP contribution in [0, 0.1) is 0 Å². The van der Waals surface area contributed by atoms with Crippen LogP contribution in [0.2, 0.25) is 0 Å². The van der Waals surface area contributed by atoms with E-state index in [4.69, 9.17) is 9.47 Å². The number of hydrogen-bond donors (Lipinski definition) is 1. The van der Waals surface area contributed by atoms with Gasteiger partial charge in [-0.15, -0.1) is 10.2 Å². The van der Waals surface area contributed by atoms with E-state index in [2.05, 4.69) is 31.4 Å². The van der Waals surface area contributed by atoms with E-state index in [1.165, 1.54) is 11.3 Å². The Morgan fingerprint density at radius 2 is 2.00 bits per heavy atom. The molecule has 0 amide bonds. The second-order valence-electron chi connectivity index (χ2n) is 3.51. The maximum absolute atomic E-state index is 5.58. The van der Waals surface area contributed by atoms with Gasteiger partial charge in [0, 0.05) is 6.07 Å². The van der Waals surface area contributed by atoms with E-state index in [9.17, 15) is 0 Å². The molecular weight excluding hydrogens is 330 g/mol. The first kappa shape index (κ1) is 14.1. The SMILES string of the molecule is CCOc1ccc(OCC)c(Nc2nnc(Br)s2)c1. The van der Waals surface area contributed by atoms with E-state index in [0.29, 0.717) is 18.3 Å². The highest BCUT2D eigenvalue weighted by molar-refractivity contribution is 9.11. The first-order chi connectivity index (χ1) is 9.22. The third-order valence-electron chi connectivity index (χ3n) is 2.20. The normalized spacial score (nSPS) is 10.3. The van der Waals surface area contributed by atoms with Crippen molar-refractivity contribution in [2.24, 2.45) is 0 Å². The molecule has 2 rings (SSSR count). The standard InChI is InChI=1S/C12H14BrN3O2S/c1-3-17-8-5-6-10(18-4-2)9(7-8)14-12-16-15-11(13)19-12/h5-7H,3-4H2,1-2H3,(H,14,16). The van der Waals surface area contributed by atoms with Gasteiger partial charge in [0.15, 0.2) is 3.92 Å². The molecule has 0 spiro atoms. The summed E-state index contributed by atoms with van der Waals surface area (Å²) in [6.45, 7) is 5.12. The number of hydrogen-bond acceptors (Lipinski definition) is 6. The molecule has 0 aliphatic rings. The van der Waals surface area contributed by atoms with Crippen molar-refractivity contribution in [3.63, 3.8) is 0 Å². The van der Waals surface area contributed by atoms with Crippen LogP contribution in [0.15, 0.2) is 22.1 Å². The van der Waals surface area contributed by atoms with Crippen LogP contribution in [0.1, 0.15) is 13.8 Å². The van der Waals surface area contributed by atoms with Gasteiger partial charge in [-0.25, -0.2) is 0 Å². The van der Waals surface area contributed by atoms with E-state index in [0.717, 1.165) is 21.1 Å². The second-order valence-corrected chi connectivity index (χ2v) is 5.76. The van der Waals surface area contributed by atoms with Gasteiger partial charge in [-0.2, -0.15) is 0 Å². The molecule has 0 atom stereocenters. The molecule has 0 saturated heterocycles. The molecule has 0 fully saturated rings. The maximum Gasteiger partial charge on any atom is 0.211 e. The third kappa shape index (κ3) is 3.81. The Hall–Kier alpha value is -1.34. The number of ether oxygens (including phenoxy) is 2. The van der Waals surface area contributed by atoms with E-state index >= 15 is 0 Å². The smallest absolute Gasteiger partial charge is 0.211 e. The van der Waals surface area contributed by atoms with Crippen molar-refractivity contribution in [3.8, 4) is 11.5 Å². The molecule has 102 valence electrons. The molecule has 0 unspecified atom stereocenters. The number of benzene rings is 1. The summed E-state index contributed by atoms with van der Waals surface area (Å²) < 4.78 is 11.8. The molecule has 5 nitrogen and oxygen atoms in total. The van der Waals surface area contributed by atoms with Crippen LogP contribution in [0.4, 0.5) is 10.8 Å². The minimum Gasteiger partial charge on any atom is -0.494 e. The quantitative estimate of drug-likeness (QED) is 0.863. The van der Waals surface area contributed by atoms with Gasteiger partial charge in [-0.05, 0) is 41.9 Å². The van der Waals surface area contributed by atoms with Crippen LogP contribution in [-0.4, -0.2) is 23.4 Å². The van der Waals surface area contributed by atoms with Crippen molar-refractivity contribution < 1.29 is 9.47 Å². The minimum absolute atomic E-state index is 0.600. The lowest BCUT2D eigenvalue weighted by Gasteiger charge is -2.12. The average molecular weight is 344 g/mol. The van der Waals surface area contributed by atoms with Crippen molar-refractivity contribution in [1.82, 2.24) is 10.2 Å². The van der Waals surface area contributed by atoms with E-state index in [1.54, 1.807) is 0 Å². The van der Waals surface area contributed by atoms with Crippen molar-refractivity contribution in [1.29, 1.82) is 0 Å². The van der Waals surface area contributed by atoms with Gasteiger partial charge in [0.2, 0.25) is 5.13 Å². The van der Waals surface area contributed by atoms with Crippen LogP contribution < -0.4 is 14.8 Å². The zero-order valence-corrected chi connectivity index (χ0v) is 13.0. The number of nitrogens with zero attached hydrogens (tertiary/aromatic N) is 2. The van der Waals surface area contributed by atoms with Gasteiger partial charge in [-0.1, -0.05) is 11.3 Å². The molecule has 0 bridgehead atoms. The molecule has 19 heavy (non-hydrogen) atoms. The summed E-state index contributed by atoms with van der Waals surface area (Å²) in [5.74, 6) is 1.55. The maximum atomic E-state index is 5.58. The highest BCUT2D eigenvalue weighted by Gasteiger charge is 2.09. The Bertz CT molecular complexity index is 548. The van der Waals surface area contributed by atoms with Gasteiger partial charge >= 0.3 is 0 Å². The molecule has 2 aromatic rings. The number of halogens is 1. The minimum atomic E-state index is 0.600. The molecule has 1 aromatic heterocycles. The Kier molecular flexibility index (Phi) is 4.98. The van der Waals surface area contributed by atoms with Gasteiger partial charge < -0.3 is 14.8 Å². The lowest BCUT2D eigenvalue weighted by molar-refractivity contribution is 0.332. The molecule has 0 aliphatic heterocycles. The van der Waals surface area contributed by atoms with Crippen LogP contribution >= 0.6 is 27.3 Å². The lowest BCUT2D eigenvalue weighted by Crippen LogP contribution is -1.99. The van der Waals surface area contributed by atoms with Crippen LogP contribution in [-0.2, 0) is 0 Å². The summed E-state index contributed by atoms with van der Waals surface area (Å²) in [6.07, 6.45) is 0. The Balaban J connectivity index is 2.25. The summed E-state index contributed by atoms with van der Waals surface area (Å²) in [5.41, 5.74) is 0.816. The zero-order valence-electron chi connectivity index (χ0n) is 10.6. The van der Waals surface area contributed by atoms with Gasteiger partial charge in [0.1, 0.15) is 11.5 Å². The number of anilines is 2. The Morgan fingerprint density at radius 1 is 1.21 bits per heavy atom. The highest BCUT2D eigenvalue weighted by atomic mass is 79.9. The van der Waals surface area contributed by atoms with Gasteiger partial charge in [-0.3, -0.25) is 0 Å². The molecule has 0 saturated carbocycles. The van der Waals surface area contributed by atoms with E-state index in [-0.39, 0.29) is 0 Å². The number of rotatable bonds is 6.